The molecule has 0 aliphatic rings. The van der Waals surface area contributed by atoms with Gasteiger partial charge in [0.2, 0.25) is 5.91 Å². The van der Waals surface area contributed by atoms with Gasteiger partial charge in [-0.1, -0.05) is 25.1 Å². The summed E-state index contributed by atoms with van der Waals surface area (Å²) in [5, 5.41) is 11.1. The van der Waals surface area contributed by atoms with E-state index in [1.165, 1.54) is 0 Å². The van der Waals surface area contributed by atoms with Crippen molar-refractivity contribution in [2.24, 2.45) is 11.7 Å². The number of anilines is 1. The molecule has 0 aliphatic heterocycles. The number of rotatable bonds is 6. The first-order chi connectivity index (χ1) is 9.59. The Morgan fingerprint density at radius 2 is 2.05 bits per heavy atom. The summed E-state index contributed by atoms with van der Waals surface area (Å²) in [4.78, 5) is 22.6. The quantitative estimate of drug-likeness (QED) is 0.706. The fraction of sp³-hybridized carbons (Fsp3) is 0.357. The summed E-state index contributed by atoms with van der Waals surface area (Å²) >= 11 is 0. The Morgan fingerprint density at radius 1 is 1.38 bits per heavy atom. The summed E-state index contributed by atoms with van der Waals surface area (Å²) < 4.78 is 0. The molecule has 0 fully saturated rings. The highest BCUT2D eigenvalue weighted by Crippen LogP contribution is 2.16. The number of carbonyl (C=O) groups excluding carboxylic acids is 1. The molecular weight excluding hydrogens is 292 g/mol. The molecule has 2 rings (SSSR count). The van der Waals surface area contributed by atoms with Crippen molar-refractivity contribution >= 4 is 34.9 Å². The fourth-order valence-electron chi connectivity index (χ4n) is 2.01. The highest BCUT2D eigenvalue weighted by molar-refractivity contribution is 5.90. The molecule has 1 amide bonds. The van der Waals surface area contributed by atoms with Gasteiger partial charge in [-0.15, -0.1) is 12.4 Å². The van der Waals surface area contributed by atoms with Crippen LogP contribution in [-0.2, 0) is 4.79 Å². The molecule has 21 heavy (non-hydrogen) atoms. The molecule has 0 aliphatic carbocycles. The molecule has 1 aromatic carbocycles. The molecule has 0 bridgehead atoms. The molecule has 0 radical (unpaired) electrons. The maximum Gasteiger partial charge on any atom is 0.272 e. The highest BCUT2D eigenvalue weighted by atomic mass is 35.5. The topological polar surface area (TPSA) is 101 Å². The number of hydrogen-bond acceptors (Lipinski definition) is 4. The zero-order valence-corrected chi connectivity index (χ0v) is 12.6. The minimum atomic E-state index is -0.280. The number of nitrogens with two attached hydrogens (primary N) is 1. The SMILES string of the molecule is CC(CCCNc1n[nH]c(=O)c2ccccc12)C(N)=O.Cl. The van der Waals surface area contributed by atoms with Crippen LogP contribution in [0.25, 0.3) is 10.8 Å². The molecule has 1 heterocycles. The van der Waals surface area contributed by atoms with Gasteiger partial charge in [0.05, 0.1) is 5.39 Å². The molecule has 2 aromatic rings. The third kappa shape index (κ3) is 4.19. The molecule has 6 nitrogen and oxygen atoms in total. The van der Waals surface area contributed by atoms with Crippen molar-refractivity contribution in [2.75, 3.05) is 11.9 Å². The van der Waals surface area contributed by atoms with Crippen molar-refractivity contribution in [3.63, 3.8) is 0 Å². The smallest absolute Gasteiger partial charge is 0.272 e. The van der Waals surface area contributed by atoms with Gasteiger partial charge in [-0.2, -0.15) is 5.10 Å². The van der Waals surface area contributed by atoms with E-state index in [2.05, 4.69) is 15.5 Å². The number of fused-ring (bicyclic) bond motifs is 1. The van der Waals surface area contributed by atoms with Crippen molar-refractivity contribution in [1.82, 2.24) is 10.2 Å². The van der Waals surface area contributed by atoms with Gasteiger partial charge in [0.1, 0.15) is 0 Å². The summed E-state index contributed by atoms with van der Waals surface area (Å²) in [7, 11) is 0. The first-order valence-electron chi connectivity index (χ1n) is 6.60. The van der Waals surface area contributed by atoms with E-state index in [4.69, 9.17) is 5.73 Å². The first kappa shape index (κ1) is 17.0. The van der Waals surface area contributed by atoms with Crippen LogP contribution in [0.4, 0.5) is 5.82 Å². The van der Waals surface area contributed by atoms with Crippen molar-refractivity contribution in [1.29, 1.82) is 0 Å². The minimum Gasteiger partial charge on any atom is -0.369 e. The lowest BCUT2D eigenvalue weighted by Gasteiger charge is -2.09. The zero-order chi connectivity index (χ0) is 14.5. The number of H-pyrrole nitrogens is 1. The van der Waals surface area contributed by atoms with Gasteiger partial charge in [-0.25, -0.2) is 5.10 Å². The third-order valence-electron chi connectivity index (χ3n) is 3.29. The van der Waals surface area contributed by atoms with E-state index in [0.29, 0.717) is 17.7 Å². The number of nitrogens with one attached hydrogen (secondary N) is 2. The fourth-order valence-corrected chi connectivity index (χ4v) is 2.01. The van der Waals surface area contributed by atoms with Crippen molar-refractivity contribution in [2.45, 2.75) is 19.8 Å². The van der Waals surface area contributed by atoms with Gasteiger partial charge in [-0.05, 0) is 18.9 Å². The number of amides is 1. The standard InChI is InChI=1S/C14H18N4O2.ClH/c1-9(12(15)19)5-4-8-16-13-10-6-2-3-7-11(10)14(20)18-17-13;/h2-3,6-7,9H,4-5,8H2,1H3,(H2,15,19)(H,16,17)(H,18,20);1H. The van der Waals surface area contributed by atoms with E-state index in [0.717, 1.165) is 18.2 Å². The number of aromatic amines is 1. The van der Waals surface area contributed by atoms with Crippen LogP contribution in [0.2, 0.25) is 0 Å². The van der Waals surface area contributed by atoms with Crippen LogP contribution in [0.5, 0.6) is 0 Å². The molecule has 0 saturated heterocycles. The summed E-state index contributed by atoms with van der Waals surface area (Å²) in [6, 6.07) is 7.29. The monoisotopic (exact) mass is 310 g/mol. The molecule has 0 spiro atoms. The molecule has 0 saturated carbocycles. The van der Waals surface area contributed by atoms with E-state index in [1.807, 2.05) is 25.1 Å². The molecular formula is C14H19ClN4O2. The van der Waals surface area contributed by atoms with Crippen LogP contribution in [0.1, 0.15) is 19.8 Å². The van der Waals surface area contributed by atoms with Crippen molar-refractivity contribution in [3.05, 3.63) is 34.6 Å². The van der Waals surface area contributed by atoms with Crippen molar-refractivity contribution < 1.29 is 4.79 Å². The Labute approximate surface area is 128 Å². The predicted octanol–water partition coefficient (Wildman–Crippen LogP) is 1.66. The van der Waals surface area contributed by atoms with E-state index >= 15 is 0 Å². The molecule has 1 unspecified atom stereocenters. The van der Waals surface area contributed by atoms with Gasteiger partial charge in [-0.3, -0.25) is 9.59 Å². The predicted molar refractivity (Wildman–Crippen MR) is 85.7 cm³/mol. The lowest BCUT2D eigenvalue weighted by molar-refractivity contribution is -0.121. The Morgan fingerprint density at radius 3 is 2.71 bits per heavy atom. The largest absolute Gasteiger partial charge is 0.369 e. The van der Waals surface area contributed by atoms with E-state index < -0.39 is 0 Å². The molecule has 114 valence electrons. The van der Waals surface area contributed by atoms with Crippen LogP contribution in [0, 0.1) is 5.92 Å². The Hall–Kier alpha value is -2.08. The number of primary amides is 1. The highest BCUT2D eigenvalue weighted by Gasteiger charge is 2.08. The number of carbonyl (C=O) groups is 1. The van der Waals surface area contributed by atoms with Gasteiger partial charge >= 0.3 is 0 Å². The summed E-state index contributed by atoms with van der Waals surface area (Å²) in [6.45, 7) is 2.48. The number of hydrogen-bond donors (Lipinski definition) is 3. The first-order valence-corrected chi connectivity index (χ1v) is 6.60. The second-order valence-corrected chi connectivity index (χ2v) is 4.82. The second kappa shape index (κ2) is 7.64. The third-order valence-corrected chi connectivity index (χ3v) is 3.29. The average molecular weight is 311 g/mol. The minimum absolute atomic E-state index is 0. The van der Waals surface area contributed by atoms with Crippen LogP contribution in [-0.4, -0.2) is 22.6 Å². The molecule has 1 aromatic heterocycles. The Kier molecular flexibility index (Phi) is 6.17. The van der Waals surface area contributed by atoms with Gasteiger partial charge in [0.25, 0.3) is 5.56 Å². The molecule has 1 atom stereocenters. The average Bonchev–Trinajstić information content (AvgIpc) is 2.45. The maximum atomic E-state index is 11.6. The Bertz CT molecular complexity index is 671. The summed E-state index contributed by atoms with van der Waals surface area (Å²) in [5.74, 6) is 0.238. The van der Waals surface area contributed by atoms with Crippen LogP contribution >= 0.6 is 12.4 Å². The lowest BCUT2D eigenvalue weighted by atomic mass is 10.1. The number of benzene rings is 1. The number of nitrogens with zero attached hydrogens (tertiary/aromatic N) is 1. The van der Waals surface area contributed by atoms with Crippen molar-refractivity contribution in [3.8, 4) is 0 Å². The Balaban J connectivity index is 0.00000220. The molecule has 4 N–H and O–H groups in total. The summed E-state index contributed by atoms with van der Waals surface area (Å²) in [5.41, 5.74) is 5.01. The number of aromatic nitrogens is 2. The number of halogens is 1. The van der Waals surface area contributed by atoms with Gasteiger partial charge in [0, 0.05) is 17.8 Å². The lowest BCUT2D eigenvalue weighted by Crippen LogP contribution is -2.21. The van der Waals surface area contributed by atoms with E-state index in [1.54, 1.807) is 6.07 Å². The van der Waals surface area contributed by atoms with Gasteiger partial charge in [0.15, 0.2) is 5.82 Å². The summed E-state index contributed by atoms with van der Waals surface area (Å²) in [6.07, 6.45) is 1.53. The van der Waals surface area contributed by atoms with E-state index in [9.17, 15) is 9.59 Å². The maximum absolute atomic E-state index is 11.6. The van der Waals surface area contributed by atoms with E-state index in [-0.39, 0.29) is 29.8 Å². The van der Waals surface area contributed by atoms with Crippen LogP contribution in [0.3, 0.4) is 0 Å². The van der Waals surface area contributed by atoms with Gasteiger partial charge < -0.3 is 11.1 Å². The van der Waals surface area contributed by atoms with Crippen LogP contribution in [0.15, 0.2) is 29.1 Å². The zero-order valence-electron chi connectivity index (χ0n) is 11.8. The normalized spacial score (nSPS) is 11.7. The molecule has 7 heteroatoms. The van der Waals surface area contributed by atoms with Crippen LogP contribution < -0.4 is 16.6 Å². The second-order valence-electron chi connectivity index (χ2n) is 4.82.